The fourth-order valence-corrected chi connectivity index (χ4v) is 3.19. The van der Waals surface area contributed by atoms with Gasteiger partial charge in [0.15, 0.2) is 6.10 Å². The molecular formula is C20H23ClN2O3. The summed E-state index contributed by atoms with van der Waals surface area (Å²) in [7, 11) is 1.67. The number of para-hydroxylation sites is 1. The highest BCUT2D eigenvalue weighted by atomic mass is 35.5. The van der Waals surface area contributed by atoms with Gasteiger partial charge in [-0.05, 0) is 42.8 Å². The monoisotopic (exact) mass is 374 g/mol. The molecule has 1 amide bonds. The molecule has 1 heterocycles. The average molecular weight is 375 g/mol. The van der Waals surface area contributed by atoms with Crippen molar-refractivity contribution < 1.29 is 14.3 Å². The van der Waals surface area contributed by atoms with Crippen molar-refractivity contribution in [2.75, 3.05) is 31.7 Å². The van der Waals surface area contributed by atoms with Crippen LogP contribution >= 0.6 is 11.6 Å². The molecule has 2 atom stereocenters. The molecule has 1 aliphatic heterocycles. The van der Waals surface area contributed by atoms with Gasteiger partial charge in [-0.2, -0.15) is 0 Å². The summed E-state index contributed by atoms with van der Waals surface area (Å²) in [6.45, 7) is 3.97. The van der Waals surface area contributed by atoms with Crippen LogP contribution in [0.4, 0.5) is 5.69 Å². The van der Waals surface area contributed by atoms with E-state index in [1.807, 2.05) is 36.1 Å². The van der Waals surface area contributed by atoms with Gasteiger partial charge >= 0.3 is 0 Å². The van der Waals surface area contributed by atoms with Crippen molar-refractivity contribution in [3.8, 4) is 5.75 Å². The van der Waals surface area contributed by atoms with E-state index in [0.717, 1.165) is 17.8 Å². The second-order valence-electron chi connectivity index (χ2n) is 6.25. The molecule has 2 aromatic carbocycles. The molecule has 0 radical (unpaired) electrons. The molecule has 0 spiro atoms. The number of halogens is 1. The normalized spacial score (nSPS) is 19.3. The van der Waals surface area contributed by atoms with E-state index >= 15 is 0 Å². The van der Waals surface area contributed by atoms with Crippen LogP contribution in [0.3, 0.4) is 0 Å². The van der Waals surface area contributed by atoms with Gasteiger partial charge in [-0.25, -0.2) is 0 Å². The Labute approximate surface area is 158 Å². The number of anilines is 1. The molecule has 0 aromatic heterocycles. The van der Waals surface area contributed by atoms with Crippen molar-refractivity contribution in [2.45, 2.75) is 19.1 Å². The number of hydrogen-bond donors (Lipinski definition) is 1. The number of nitrogens with zero attached hydrogens (tertiary/aromatic N) is 1. The van der Waals surface area contributed by atoms with E-state index in [9.17, 15) is 4.79 Å². The number of rotatable bonds is 8. The zero-order chi connectivity index (χ0) is 18.5. The molecule has 1 fully saturated rings. The van der Waals surface area contributed by atoms with Gasteiger partial charge in [-0.3, -0.25) is 4.79 Å². The summed E-state index contributed by atoms with van der Waals surface area (Å²) < 4.78 is 11.0. The number of benzene rings is 2. The quantitative estimate of drug-likeness (QED) is 0.570. The van der Waals surface area contributed by atoms with Gasteiger partial charge < -0.3 is 19.7 Å². The average Bonchev–Trinajstić information content (AvgIpc) is 2.65. The van der Waals surface area contributed by atoms with Gasteiger partial charge in [0, 0.05) is 30.9 Å². The van der Waals surface area contributed by atoms with Crippen molar-refractivity contribution in [1.82, 2.24) is 5.32 Å². The second-order valence-corrected chi connectivity index (χ2v) is 6.69. The largest absolute Gasteiger partial charge is 0.478 e. The predicted molar refractivity (Wildman–Crippen MR) is 103 cm³/mol. The predicted octanol–water partition coefficient (Wildman–Crippen LogP) is 3.05. The molecule has 0 bridgehead atoms. The van der Waals surface area contributed by atoms with Crippen LogP contribution < -0.4 is 15.0 Å². The zero-order valence-corrected chi connectivity index (χ0v) is 15.7. The highest BCUT2D eigenvalue weighted by Crippen LogP contribution is 2.33. The molecule has 6 heteroatoms. The minimum Gasteiger partial charge on any atom is -0.478 e. The van der Waals surface area contributed by atoms with Gasteiger partial charge in [-0.15, -0.1) is 0 Å². The van der Waals surface area contributed by atoms with Crippen LogP contribution in [-0.2, 0) is 9.53 Å². The number of carbonyl (C=O) groups excluding carboxylic acids is 1. The van der Waals surface area contributed by atoms with Crippen LogP contribution in [0.25, 0.3) is 0 Å². The highest BCUT2D eigenvalue weighted by Gasteiger charge is 2.50. The third kappa shape index (κ3) is 4.01. The smallest absolute Gasteiger partial charge is 0.270 e. The van der Waals surface area contributed by atoms with E-state index in [-0.39, 0.29) is 11.9 Å². The molecular weight excluding hydrogens is 352 g/mol. The topological polar surface area (TPSA) is 50.8 Å². The number of methoxy groups -OCH3 is 1. The number of hydrogen-bond acceptors (Lipinski definition) is 4. The number of carbonyl (C=O) groups is 1. The van der Waals surface area contributed by atoms with Gasteiger partial charge in [0.25, 0.3) is 5.91 Å². The Bertz CT molecular complexity index is 751. The molecule has 3 rings (SSSR count). The van der Waals surface area contributed by atoms with Crippen molar-refractivity contribution in [1.29, 1.82) is 0 Å². The van der Waals surface area contributed by atoms with E-state index in [1.165, 1.54) is 0 Å². The first-order chi connectivity index (χ1) is 12.6. The fraction of sp³-hybridized carbons (Fsp3) is 0.350. The Morgan fingerprint density at radius 1 is 1.15 bits per heavy atom. The minimum atomic E-state index is -0.522. The maximum Gasteiger partial charge on any atom is 0.270 e. The van der Waals surface area contributed by atoms with Crippen molar-refractivity contribution in [2.24, 2.45) is 0 Å². The van der Waals surface area contributed by atoms with Crippen LogP contribution in [0.5, 0.6) is 5.75 Å². The first kappa shape index (κ1) is 18.7. The first-order valence-corrected chi connectivity index (χ1v) is 9.00. The second kappa shape index (κ2) is 8.54. The number of nitrogens with one attached hydrogen (secondary N) is 1. The number of aryl methyl sites for hydroxylation is 1. The lowest BCUT2D eigenvalue weighted by Gasteiger charge is -2.47. The molecule has 1 saturated heterocycles. The maximum absolute atomic E-state index is 12.8. The highest BCUT2D eigenvalue weighted by molar-refractivity contribution is 6.30. The van der Waals surface area contributed by atoms with E-state index in [4.69, 9.17) is 21.1 Å². The molecule has 0 saturated carbocycles. The summed E-state index contributed by atoms with van der Waals surface area (Å²) in [6.07, 6.45) is -0.522. The summed E-state index contributed by atoms with van der Waals surface area (Å²) in [6, 6.07) is 14.9. The molecule has 0 unspecified atom stereocenters. The van der Waals surface area contributed by atoms with Crippen LogP contribution in [0.1, 0.15) is 5.56 Å². The van der Waals surface area contributed by atoms with Crippen molar-refractivity contribution >= 4 is 23.2 Å². The van der Waals surface area contributed by atoms with Gasteiger partial charge in [0.2, 0.25) is 0 Å². The number of ether oxygens (including phenoxy) is 2. The summed E-state index contributed by atoms with van der Waals surface area (Å²) >= 11 is 5.92. The Balaban J connectivity index is 1.76. The molecule has 1 aliphatic rings. The third-order valence-electron chi connectivity index (χ3n) is 4.45. The van der Waals surface area contributed by atoms with Crippen molar-refractivity contribution in [3.05, 3.63) is 59.1 Å². The Morgan fingerprint density at radius 2 is 1.88 bits per heavy atom. The summed E-state index contributed by atoms with van der Waals surface area (Å²) in [5.74, 6) is 0.604. The Hall–Kier alpha value is -2.08. The fourth-order valence-electron chi connectivity index (χ4n) is 3.06. The Kier molecular flexibility index (Phi) is 6.14. The molecule has 5 nitrogen and oxygen atoms in total. The zero-order valence-electron chi connectivity index (χ0n) is 14.9. The van der Waals surface area contributed by atoms with Crippen molar-refractivity contribution in [3.63, 3.8) is 0 Å². The minimum absolute atomic E-state index is 0.0345. The molecule has 0 aliphatic carbocycles. The van der Waals surface area contributed by atoms with Gasteiger partial charge in [0.05, 0.1) is 12.6 Å². The Morgan fingerprint density at radius 3 is 2.58 bits per heavy atom. The molecule has 138 valence electrons. The van der Waals surface area contributed by atoms with E-state index in [2.05, 4.69) is 5.32 Å². The third-order valence-corrected chi connectivity index (χ3v) is 4.70. The number of β-lactam (4-membered cyclic amide) rings is 1. The number of amides is 1. The van der Waals surface area contributed by atoms with Gasteiger partial charge in [-0.1, -0.05) is 29.8 Å². The molecule has 2 aromatic rings. The SMILES string of the molecule is COCCNC[C@H]1[C@H](Oc2ccc(Cl)cc2)C(=O)N1c1ccccc1C. The lowest BCUT2D eigenvalue weighted by Crippen LogP contribution is -2.70. The van der Waals surface area contributed by atoms with E-state index in [0.29, 0.717) is 23.9 Å². The van der Waals surface area contributed by atoms with Crippen LogP contribution in [0, 0.1) is 6.92 Å². The summed E-state index contributed by atoms with van der Waals surface area (Å²) in [4.78, 5) is 14.6. The van der Waals surface area contributed by atoms with E-state index < -0.39 is 6.10 Å². The lowest BCUT2D eigenvalue weighted by atomic mass is 9.95. The van der Waals surface area contributed by atoms with Crippen LogP contribution in [0.15, 0.2) is 48.5 Å². The molecule has 26 heavy (non-hydrogen) atoms. The summed E-state index contributed by atoms with van der Waals surface area (Å²) in [5.41, 5.74) is 1.99. The first-order valence-electron chi connectivity index (χ1n) is 8.62. The molecule has 1 N–H and O–H groups in total. The standard InChI is InChI=1S/C20H23ClN2O3/c1-14-5-3-4-6-17(14)23-18(13-22-11-12-25-2)19(20(23)24)26-16-9-7-15(21)8-10-16/h3-10,18-19,22H,11-13H2,1-2H3/t18-,19-/m0/s1. The lowest BCUT2D eigenvalue weighted by molar-refractivity contribution is -0.134. The maximum atomic E-state index is 12.8. The summed E-state index contributed by atoms with van der Waals surface area (Å²) in [5, 5.41) is 3.97. The van der Waals surface area contributed by atoms with Gasteiger partial charge in [0.1, 0.15) is 5.75 Å². The van der Waals surface area contributed by atoms with Crippen LogP contribution in [0.2, 0.25) is 5.02 Å². The van der Waals surface area contributed by atoms with E-state index in [1.54, 1.807) is 31.4 Å². The van der Waals surface area contributed by atoms with Crippen LogP contribution in [-0.4, -0.2) is 44.9 Å².